The van der Waals surface area contributed by atoms with Gasteiger partial charge in [-0.2, -0.15) is 13.2 Å². The molecule has 0 saturated heterocycles. The van der Waals surface area contributed by atoms with Gasteiger partial charge < -0.3 is 0 Å². The molecule has 0 spiro atoms. The van der Waals surface area contributed by atoms with Gasteiger partial charge in [-0.3, -0.25) is 4.98 Å². The lowest BCUT2D eigenvalue weighted by Gasteiger charge is -2.08. The largest absolute Gasteiger partial charge is 0.416 e. The first-order valence-corrected chi connectivity index (χ1v) is 6.94. The topological polar surface area (TPSA) is 38.7 Å². The van der Waals surface area contributed by atoms with Crippen LogP contribution in [-0.2, 0) is 6.18 Å². The van der Waals surface area contributed by atoms with Gasteiger partial charge in [0.15, 0.2) is 5.82 Å². The second-order valence-electron chi connectivity index (χ2n) is 4.72. The fourth-order valence-electron chi connectivity index (χ4n) is 2.02. The molecule has 0 unspecified atom stereocenters. The third kappa shape index (κ3) is 3.48. The second-order valence-corrected chi connectivity index (χ2v) is 5.10. The molecule has 23 heavy (non-hydrogen) atoms. The standard InChI is InChI=1S/C16H9ClF3N3/c17-14-8-13(10-3-5-12(6-4-10)16(18,19)20)22-15(23-14)11-2-1-7-21-9-11/h1-9H. The summed E-state index contributed by atoms with van der Waals surface area (Å²) in [6.45, 7) is 0. The summed E-state index contributed by atoms with van der Waals surface area (Å²) in [6, 6.07) is 9.74. The van der Waals surface area contributed by atoms with Crippen molar-refractivity contribution >= 4 is 11.6 Å². The predicted octanol–water partition coefficient (Wildman–Crippen LogP) is 4.88. The third-order valence-electron chi connectivity index (χ3n) is 3.12. The Labute approximate surface area is 134 Å². The molecule has 0 radical (unpaired) electrons. The molecule has 0 atom stereocenters. The maximum atomic E-state index is 12.6. The maximum absolute atomic E-state index is 12.6. The number of hydrogen-bond acceptors (Lipinski definition) is 3. The van der Waals surface area contributed by atoms with Crippen LogP contribution >= 0.6 is 11.6 Å². The Morgan fingerprint density at radius 1 is 0.913 bits per heavy atom. The lowest BCUT2D eigenvalue weighted by molar-refractivity contribution is -0.137. The molecule has 3 nitrogen and oxygen atoms in total. The average molecular weight is 336 g/mol. The van der Waals surface area contributed by atoms with Gasteiger partial charge in [-0.05, 0) is 24.3 Å². The molecule has 0 saturated carbocycles. The van der Waals surface area contributed by atoms with Crippen LogP contribution in [0, 0.1) is 0 Å². The van der Waals surface area contributed by atoms with E-state index in [-0.39, 0.29) is 5.15 Å². The number of nitrogens with zero attached hydrogens (tertiary/aromatic N) is 3. The molecule has 116 valence electrons. The van der Waals surface area contributed by atoms with Crippen molar-refractivity contribution in [2.75, 3.05) is 0 Å². The van der Waals surface area contributed by atoms with Crippen LogP contribution in [0.5, 0.6) is 0 Å². The molecule has 0 N–H and O–H groups in total. The fraction of sp³-hybridized carbons (Fsp3) is 0.0625. The monoisotopic (exact) mass is 335 g/mol. The van der Waals surface area contributed by atoms with E-state index in [1.807, 2.05) is 0 Å². The summed E-state index contributed by atoms with van der Waals surface area (Å²) in [7, 11) is 0. The Morgan fingerprint density at radius 3 is 2.26 bits per heavy atom. The van der Waals surface area contributed by atoms with E-state index in [0.29, 0.717) is 22.6 Å². The predicted molar refractivity (Wildman–Crippen MR) is 80.7 cm³/mol. The van der Waals surface area contributed by atoms with E-state index < -0.39 is 11.7 Å². The quantitative estimate of drug-likeness (QED) is 0.627. The summed E-state index contributed by atoms with van der Waals surface area (Å²) in [4.78, 5) is 12.5. The van der Waals surface area contributed by atoms with Gasteiger partial charge in [-0.25, -0.2) is 9.97 Å². The first-order valence-electron chi connectivity index (χ1n) is 6.56. The van der Waals surface area contributed by atoms with Gasteiger partial charge >= 0.3 is 6.18 Å². The van der Waals surface area contributed by atoms with E-state index in [1.54, 1.807) is 24.5 Å². The van der Waals surface area contributed by atoms with Crippen molar-refractivity contribution in [2.24, 2.45) is 0 Å². The first-order chi connectivity index (χ1) is 10.9. The van der Waals surface area contributed by atoms with Crippen LogP contribution in [0.15, 0.2) is 54.9 Å². The van der Waals surface area contributed by atoms with Crippen molar-refractivity contribution in [3.63, 3.8) is 0 Å². The van der Waals surface area contributed by atoms with Gasteiger partial charge in [0.1, 0.15) is 5.15 Å². The van der Waals surface area contributed by atoms with Crippen LogP contribution in [0.2, 0.25) is 5.15 Å². The summed E-state index contributed by atoms with van der Waals surface area (Å²) in [5, 5.41) is 0.203. The lowest BCUT2D eigenvalue weighted by Crippen LogP contribution is -2.04. The zero-order valence-corrected chi connectivity index (χ0v) is 12.3. The number of aromatic nitrogens is 3. The molecule has 2 heterocycles. The molecule has 0 aliphatic rings. The van der Waals surface area contributed by atoms with Crippen molar-refractivity contribution < 1.29 is 13.2 Å². The Kier molecular flexibility index (Phi) is 4.00. The second kappa shape index (κ2) is 5.96. The SMILES string of the molecule is FC(F)(F)c1ccc(-c2cc(Cl)nc(-c3cccnc3)n2)cc1. The number of pyridine rings is 1. The van der Waals surface area contributed by atoms with Gasteiger partial charge in [0.05, 0.1) is 11.3 Å². The minimum atomic E-state index is -4.37. The highest BCUT2D eigenvalue weighted by atomic mass is 35.5. The maximum Gasteiger partial charge on any atom is 0.416 e. The Bertz CT molecular complexity index is 818. The number of benzene rings is 1. The zero-order chi connectivity index (χ0) is 16.4. The average Bonchev–Trinajstić information content (AvgIpc) is 2.54. The molecule has 3 aromatic rings. The highest BCUT2D eigenvalue weighted by Gasteiger charge is 2.30. The van der Waals surface area contributed by atoms with E-state index in [2.05, 4.69) is 15.0 Å². The van der Waals surface area contributed by atoms with Crippen molar-refractivity contribution in [3.8, 4) is 22.6 Å². The van der Waals surface area contributed by atoms with Crippen molar-refractivity contribution in [3.05, 3.63) is 65.6 Å². The van der Waals surface area contributed by atoms with Gasteiger partial charge in [-0.15, -0.1) is 0 Å². The molecule has 7 heteroatoms. The van der Waals surface area contributed by atoms with Crippen LogP contribution in [0.4, 0.5) is 13.2 Å². The molecule has 0 bridgehead atoms. The van der Waals surface area contributed by atoms with E-state index in [4.69, 9.17) is 11.6 Å². The molecular weight excluding hydrogens is 327 g/mol. The summed E-state index contributed by atoms with van der Waals surface area (Å²) in [5.41, 5.74) is 0.919. The summed E-state index contributed by atoms with van der Waals surface area (Å²) >= 11 is 6.00. The molecule has 3 rings (SSSR count). The number of rotatable bonds is 2. The molecular formula is C16H9ClF3N3. The molecule has 2 aromatic heterocycles. The van der Waals surface area contributed by atoms with E-state index in [1.165, 1.54) is 18.2 Å². The van der Waals surface area contributed by atoms with Gasteiger partial charge in [0.2, 0.25) is 0 Å². The highest BCUT2D eigenvalue weighted by Crippen LogP contribution is 2.31. The van der Waals surface area contributed by atoms with Crippen LogP contribution in [0.1, 0.15) is 5.56 Å². The van der Waals surface area contributed by atoms with Crippen LogP contribution in [0.3, 0.4) is 0 Å². The normalized spacial score (nSPS) is 11.5. The Hall–Kier alpha value is -2.47. The Morgan fingerprint density at radius 2 is 1.65 bits per heavy atom. The van der Waals surface area contributed by atoms with Gasteiger partial charge in [-0.1, -0.05) is 23.7 Å². The smallest absolute Gasteiger partial charge is 0.264 e. The molecule has 0 amide bonds. The van der Waals surface area contributed by atoms with Crippen molar-refractivity contribution in [1.29, 1.82) is 0 Å². The van der Waals surface area contributed by atoms with Crippen molar-refractivity contribution in [1.82, 2.24) is 15.0 Å². The molecule has 0 fully saturated rings. The lowest BCUT2D eigenvalue weighted by atomic mass is 10.1. The first kappa shape index (κ1) is 15.4. The van der Waals surface area contributed by atoms with Crippen LogP contribution < -0.4 is 0 Å². The molecule has 1 aromatic carbocycles. The third-order valence-corrected chi connectivity index (χ3v) is 3.32. The summed E-state index contributed by atoms with van der Waals surface area (Å²) in [6.07, 6.45) is -1.17. The minimum absolute atomic E-state index is 0.203. The number of hydrogen-bond donors (Lipinski definition) is 0. The summed E-state index contributed by atoms with van der Waals surface area (Å²) in [5.74, 6) is 0.362. The highest BCUT2D eigenvalue weighted by molar-refractivity contribution is 6.29. The van der Waals surface area contributed by atoms with Gasteiger partial charge in [0, 0.05) is 29.6 Å². The van der Waals surface area contributed by atoms with E-state index in [0.717, 1.165) is 12.1 Å². The van der Waals surface area contributed by atoms with E-state index >= 15 is 0 Å². The fourth-order valence-corrected chi connectivity index (χ4v) is 2.20. The number of halogens is 4. The van der Waals surface area contributed by atoms with E-state index in [9.17, 15) is 13.2 Å². The minimum Gasteiger partial charge on any atom is -0.264 e. The number of alkyl halides is 3. The van der Waals surface area contributed by atoms with Crippen molar-refractivity contribution in [2.45, 2.75) is 6.18 Å². The van der Waals surface area contributed by atoms with Gasteiger partial charge in [0.25, 0.3) is 0 Å². The van der Waals surface area contributed by atoms with Crippen LogP contribution in [0.25, 0.3) is 22.6 Å². The molecule has 0 aliphatic carbocycles. The van der Waals surface area contributed by atoms with Crippen LogP contribution in [-0.4, -0.2) is 15.0 Å². The zero-order valence-electron chi connectivity index (χ0n) is 11.5. The molecule has 0 aliphatic heterocycles. The Balaban J connectivity index is 2.02. The summed E-state index contributed by atoms with van der Waals surface area (Å²) < 4.78 is 37.9.